The summed E-state index contributed by atoms with van der Waals surface area (Å²) in [5.74, 6) is -0.316. The summed E-state index contributed by atoms with van der Waals surface area (Å²) in [7, 11) is 0. The lowest BCUT2D eigenvalue weighted by molar-refractivity contribution is -0.142. The first-order valence-corrected chi connectivity index (χ1v) is 9.84. The molecule has 2 rings (SSSR count). The standard InChI is InChI=1S/C22H26ClFN2O3/c1-15(2)12-25-22(28)16(3)26(13-17-5-4-6-18(23)11-17)21(27)14-29-20-9-7-19(24)8-10-20/h4-11,15-16H,12-14H2,1-3H3,(H,25,28)/t16-/m1/s1. The number of amides is 2. The molecular weight excluding hydrogens is 395 g/mol. The Balaban J connectivity index is 2.12. The minimum absolute atomic E-state index is 0.211. The molecule has 2 amide bonds. The van der Waals surface area contributed by atoms with Gasteiger partial charge in [-0.1, -0.05) is 37.6 Å². The first-order valence-electron chi connectivity index (χ1n) is 9.46. The molecule has 1 atom stereocenters. The minimum Gasteiger partial charge on any atom is -0.484 e. The predicted octanol–water partition coefficient (Wildman–Crippen LogP) is 4.05. The van der Waals surface area contributed by atoms with E-state index in [-0.39, 0.29) is 30.8 Å². The molecule has 0 aromatic heterocycles. The molecule has 5 nitrogen and oxygen atoms in total. The van der Waals surface area contributed by atoms with Gasteiger partial charge in [0, 0.05) is 18.1 Å². The Morgan fingerprint density at radius 3 is 2.45 bits per heavy atom. The number of nitrogens with zero attached hydrogens (tertiary/aromatic N) is 1. The van der Waals surface area contributed by atoms with E-state index >= 15 is 0 Å². The second-order valence-electron chi connectivity index (χ2n) is 7.21. The van der Waals surface area contributed by atoms with E-state index in [0.29, 0.717) is 23.2 Å². The van der Waals surface area contributed by atoms with Crippen LogP contribution in [-0.2, 0) is 16.1 Å². The van der Waals surface area contributed by atoms with E-state index in [1.807, 2.05) is 19.9 Å². The van der Waals surface area contributed by atoms with Crippen LogP contribution >= 0.6 is 11.6 Å². The molecule has 156 valence electrons. The smallest absolute Gasteiger partial charge is 0.261 e. The second kappa shape index (κ2) is 10.8. The lowest BCUT2D eigenvalue weighted by Gasteiger charge is -2.29. The van der Waals surface area contributed by atoms with Crippen LogP contribution in [0.25, 0.3) is 0 Å². The van der Waals surface area contributed by atoms with E-state index in [1.165, 1.54) is 29.2 Å². The van der Waals surface area contributed by atoms with Gasteiger partial charge in [0.15, 0.2) is 6.61 Å². The molecule has 7 heteroatoms. The maximum absolute atomic E-state index is 13.0. The van der Waals surface area contributed by atoms with Crippen molar-refractivity contribution in [3.8, 4) is 5.75 Å². The lowest BCUT2D eigenvalue weighted by Crippen LogP contribution is -2.49. The van der Waals surface area contributed by atoms with Crippen LogP contribution in [0.4, 0.5) is 4.39 Å². The molecule has 0 unspecified atom stereocenters. The van der Waals surface area contributed by atoms with Crippen LogP contribution in [0.5, 0.6) is 5.75 Å². The van der Waals surface area contributed by atoms with Crippen LogP contribution < -0.4 is 10.1 Å². The van der Waals surface area contributed by atoms with E-state index in [2.05, 4.69) is 5.32 Å². The zero-order chi connectivity index (χ0) is 21.4. The maximum Gasteiger partial charge on any atom is 0.261 e. The molecule has 0 bridgehead atoms. The van der Waals surface area contributed by atoms with Crippen molar-refractivity contribution in [2.75, 3.05) is 13.2 Å². The fourth-order valence-electron chi connectivity index (χ4n) is 2.63. The minimum atomic E-state index is -0.697. The fraction of sp³-hybridized carbons (Fsp3) is 0.364. The molecule has 2 aromatic carbocycles. The Labute approximate surface area is 175 Å². The van der Waals surface area contributed by atoms with Crippen molar-refractivity contribution < 1.29 is 18.7 Å². The molecule has 2 aromatic rings. The summed E-state index contributed by atoms with van der Waals surface area (Å²) in [4.78, 5) is 26.9. The van der Waals surface area contributed by atoms with Crippen molar-refractivity contribution in [1.29, 1.82) is 0 Å². The zero-order valence-electron chi connectivity index (χ0n) is 16.8. The predicted molar refractivity (Wildman–Crippen MR) is 111 cm³/mol. The molecule has 0 saturated heterocycles. The molecule has 0 aliphatic heterocycles. The van der Waals surface area contributed by atoms with Gasteiger partial charge in [0.05, 0.1) is 0 Å². The van der Waals surface area contributed by atoms with Gasteiger partial charge in [0.1, 0.15) is 17.6 Å². The number of carbonyl (C=O) groups is 2. The molecule has 0 fully saturated rings. The summed E-state index contributed by atoms with van der Waals surface area (Å²) in [6.45, 7) is 6.13. The second-order valence-corrected chi connectivity index (χ2v) is 7.65. The number of hydrogen-bond donors (Lipinski definition) is 1. The quantitative estimate of drug-likeness (QED) is 0.665. The molecule has 0 saturated carbocycles. The Morgan fingerprint density at radius 2 is 1.83 bits per heavy atom. The number of ether oxygens (including phenoxy) is 1. The average Bonchev–Trinajstić information content (AvgIpc) is 2.69. The monoisotopic (exact) mass is 420 g/mol. The van der Waals surface area contributed by atoms with Gasteiger partial charge in [-0.3, -0.25) is 9.59 Å². The highest BCUT2D eigenvalue weighted by Gasteiger charge is 2.26. The van der Waals surface area contributed by atoms with Crippen molar-refractivity contribution in [2.45, 2.75) is 33.4 Å². The van der Waals surface area contributed by atoms with Crippen LogP contribution in [0, 0.1) is 11.7 Å². The van der Waals surface area contributed by atoms with Gasteiger partial charge in [-0.15, -0.1) is 0 Å². The molecule has 29 heavy (non-hydrogen) atoms. The summed E-state index contributed by atoms with van der Waals surface area (Å²) >= 11 is 6.05. The number of benzene rings is 2. The van der Waals surface area contributed by atoms with Gasteiger partial charge in [-0.2, -0.15) is 0 Å². The van der Waals surface area contributed by atoms with Gasteiger partial charge < -0.3 is 15.0 Å². The fourth-order valence-corrected chi connectivity index (χ4v) is 2.84. The third kappa shape index (κ3) is 7.38. The summed E-state index contributed by atoms with van der Waals surface area (Å²) in [6.07, 6.45) is 0. The van der Waals surface area contributed by atoms with Crippen LogP contribution in [0.2, 0.25) is 5.02 Å². The summed E-state index contributed by atoms with van der Waals surface area (Å²) in [5, 5.41) is 3.40. The van der Waals surface area contributed by atoms with Gasteiger partial charge in [-0.25, -0.2) is 4.39 Å². The Kier molecular flexibility index (Phi) is 8.46. The van der Waals surface area contributed by atoms with Crippen molar-refractivity contribution in [2.24, 2.45) is 5.92 Å². The highest BCUT2D eigenvalue weighted by molar-refractivity contribution is 6.30. The molecule has 0 aliphatic rings. The molecule has 0 aliphatic carbocycles. The van der Waals surface area contributed by atoms with E-state index in [4.69, 9.17) is 16.3 Å². The number of rotatable bonds is 9. The number of nitrogens with one attached hydrogen (secondary N) is 1. The molecule has 1 N–H and O–H groups in total. The zero-order valence-corrected chi connectivity index (χ0v) is 17.6. The van der Waals surface area contributed by atoms with Crippen molar-refractivity contribution in [3.63, 3.8) is 0 Å². The lowest BCUT2D eigenvalue weighted by atomic mass is 10.1. The topological polar surface area (TPSA) is 58.6 Å². The van der Waals surface area contributed by atoms with Crippen LogP contribution in [0.15, 0.2) is 48.5 Å². The third-order valence-corrected chi connectivity index (χ3v) is 4.50. The van der Waals surface area contributed by atoms with Crippen molar-refractivity contribution in [3.05, 3.63) is 64.9 Å². The normalized spacial score (nSPS) is 11.8. The third-order valence-electron chi connectivity index (χ3n) is 4.27. The van der Waals surface area contributed by atoms with Gasteiger partial charge >= 0.3 is 0 Å². The van der Waals surface area contributed by atoms with Gasteiger partial charge in [0.2, 0.25) is 5.91 Å². The first-order chi connectivity index (χ1) is 13.8. The van der Waals surface area contributed by atoms with Gasteiger partial charge in [0.25, 0.3) is 5.91 Å². The summed E-state index contributed by atoms with van der Waals surface area (Å²) in [5.41, 5.74) is 0.802. The molecule has 0 radical (unpaired) electrons. The van der Waals surface area contributed by atoms with E-state index in [0.717, 1.165) is 5.56 Å². The Hall–Kier alpha value is -2.60. The maximum atomic E-state index is 13.0. The van der Waals surface area contributed by atoms with Crippen LogP contribution in [0.3, 0.4) is 0 Å². The van der Waals surface area contributed by atoms with E-state index < -0.39 is 6.04 Å². The molecule has 0 spiro atoms. The highest BCUT2D eigenvalue weighted by atomic mass is 35.5. The largest absolute Gasteiger partial charge is 0.484 e. The molecule has 0 heterocycles. The highest BCUT2D eigenvalue weighted by Crippen LogP contribution is 2.16. The summed E-state index contributed by atoms with van der Waals surface area (Å²) in [6, 6.07) is 11.8. The van der Waals surface area contributed by atoms with Crippen molar-refractivity contribution in [1.82, 2.24) is 10.2 Å². The van der Waals surface area contributed by atoms with Crippen molar-refractivity contribution >= 4 is 23.4 Å². The van der Waals surface area contributed by atoms with Crippen LogP contribution in [0.1, 0.15) is 26.3 Å². The Morgan fingerprint density at radius 1 is 1.14 bits per heavy atom. The number of hydrogen-bond acceptors (Lipinski definition) is 3. The molecular formula is C22H26ClFN2O3. The van der Waals surface area contributed by atoms with E-state index in [1.54, 1.807) is 25.1 Å². The number of halogens is 2. The number of carbonyl (C=O) groups excluding carboxylic acids is 2. The Bertz CT molecular complexity index is 827. The summed E-state index contributed by atoms with van der Waals surface area (Å²) < 4.78 is 18.5. The van der Waals surface area contributed by atoms with Crippen LogP contribution in [-0.4, -0.2) is 35.9 Å². The SMILES string of the molecule is CC(C)CNC(=O)[C@@H](C)N(Cc1cccc(Cl)c1)C(=O)COc1ccc(F)cc1. The first kappa shape index (κ1) is 22.7. The van der Waals surface area contributed by atoms with E-state index in [9.17, 15) is 14.0 Å². The van der Waals surface area contributed by atoms with Gasteiger partial charge in [-0.05, 0) is 54.8 Å². The average molecular weight is 421 g/mol.